The van der Waals surface area contributed by atoms with Crippen LogP contribution in [0.1, 0.15) is 12.5 Å². The van der Waals surface area contributed by atoms with Crippen LogP contribution in [0.2, 0.25) is 0 Å². The highest BCUT2D eigenvalue weighted by molar-refractivity contribution is 9.28. The number of allylic oxidation sites excluding steroid dienone is 1. The summed E-state index contributed by atoms with van der Waals surface area (Å²) in [6.07, 6.45) is 0. The predicted molar refractivity (Wildman–Crippen MR) is 63.5 cm³/mol. The zero-order valence-corrected chi connectivity index (χ0v) is 10.5. The fraction of sp³-hybridized carbons (Fsp3) is 0.111. The van der Waals surface area contributed by atoms with Crippen molar-refractivity contribution >= 4 is 43.1 Å². The topological polar surface area (TPSA) is 43.1 Å². The minimum Gasteiger partial charge on any atom is -0.258 e. The molecule has 0 aliphatic carbocycles. The number of rotatable bonds is 2. The van der Waals surface area contributed by atoms with E-state index in [0.29, 0.717) is 5.56 Å². The third-order valence-corrected chi connectivity index (χ3v) is 2.98. The van der Waals surface area contributed by atoms with E-state index in [1.54, 1.807) is 25.1 Å². The molecule has 1 rings (SSSR count). The van der Waals surface area contributed by atoms with Gasteiger partial charge in [-0.3, -0.25) is 10.1 Å². The molecule has 0 spiro atoms. The Morgan fingerprint density at radius 1 is 1.36 bits per heavy atom. The number of hydrogen-bond acceptors (Lipinski definition) is 2. The summed E-state index contributed by atoms with van der Waals surface area (Å²) in [5.74, 6) is 0. The van der Waals surface area contributed by atoms with Crippen LogP contribution in [-0.4, -0.2) is 4.92 Å². The minimum absolute atomic E-state index is 0.112. The summed E-state index contributed by atoms with van der Waals surface area (Å²) < 4.78 is 0.722. The summed E-state index contributed by atoms with van der Waals surface area (Å²) in [6.45, 7) is 1.81. The molecular formula is C9H7Br2NO2. The first kappa shape index (κ1) is 11.4. The molecule has 0 unspecified atom stereocenters. The highest BCUT2D eigenvalue weighted by Gasteiger charge is 2.14. The van der Waals surface area contributed by atoms with Crippen molar-refractivity contribution in [2.45, 2.75) is 6.92 Å². The number of nitro benzene ring substituents is 1. The molecule has 14 heavy (non-hydrogen) atoms. The van der Waals surface area contributed by atoms with Gasteiger partial charge in [0.1, 0.15) is 0 Å². The van der Waals surface area contributed by atoms with Crippen LogP contribution in [0.25, 0.3) is 5.57 Å². The first-order chi connectivity index (χ1) is 6.54. The van der Waals surface area contributed by atoms with Gasteiger partial charge in [0.2, 0.25) is 0 Å². The van der Waals surface area contributed by atoms with E-state index < -0.39 is 0 Å². The van der Waals surface area contributed by atoms with Crippen molar-refractivity contribution in [2.75, 3.05) is 0 Å². The van der Waals surface area contributed by atoms with Gasteiger partial charge in [-0.1, -0.05) is 12.1 Å². The van der Waals surface area contributed by atoms with Crippen LogP contribution in [0, 0.1) is 10.1 Å². The highest BCUT2D eigenvalue weighted by atomic mass is 79.9. The van der Waals surface area contributed by atoms with E-state index in [2.05, 4.69) is 31.9 Å². The lowest BCUT2D eigenvalue weighted by molar-refractivity contribution is -0.385. The SMILES string of the molecule is CC(=C(Br)Br)c1ccccc1[N+](=O)[O-]. The molecule has 0 N–H and O–H groups in total. The van der Waals surface area contributed by atoms with Gasteiger partial charge in [0.25, 0.3) is 5.69 Å². The number of benzene rings is 1. The molecule has 0 aliphatic rings. The molecule has 1 aromatic carbocycles. The third-order valence-electron chi connectivity index (χ3n) is 1.79. The molecule has 1 aromatic rings. The van der Waals surface area contributed by atoms with Crippen LogP contribution < -0.4 is 0 Å². The summed E-state index contributed by atoms with van der Waals surface area (Å²) in [7, 11) is 0. The van der Waals surface area contributed by atoms with Crippen molar-refractivity contribution in [2.24, 2.45) is 0 Å². The van der Waals surface area contributed by atoms with Gasteiger partial charge >= 0.3 is 0 Å². The van der Waals surface area contributed by atoms with Crippen LogP contribution in [0.3, 0.4) is 0 Å². The standard InChI is InChI=1S/C9H7Br2NO2/c1-6(9(10)11)7-4-2-3-5-8(7)12(13)14/h2-5H,1H3. The van der Waals surface area contributed by atoms with E-state index >= 15 is 0 Å². The monoisotopic (exact) mass is 319 g/mol. The molecule has 0 saturated heterocycles. The summed E-state index contributed by atoms with van der Waals surface area (Å²) >= 11 is 6.47. The molecule has 0 saturated carbocycles. The Hall–Kier alpha value is -0.680. The number of para-hydroxylation sites is 1. The van der Waals surface area contributed by atoms with E-state index in [1.807, 2.05) is 0 Å². The summed E-state index contributed by atoms with van der Waals surface area (Å²) in [5.41, 5.74) is 1.53. The van der Waals surface area contributed by atoms with E-state index in [1.165, 1.54) is 6.07 Å². The minimum atomic E-state index is -0.387. The Balaban J connectivity index is 3.35. The Morgan fingerprint density at radius 3 is 2.43 bits per heavy atom. The van der Waals surface area contributed by atoms with Gasteiger partial charge in [0.15, 0.2) is 0 Å². The van der Waals surface area contributed by atoms with Gasteiger partial charge in [-0.05, 0) is 50.4 Å². The maximum absolute atomic E-state index is 10.7. The molecular weight excluding hydrogens is 314 g/mol. The molecule has 0 bridgehead atoms. The van der Waals surface area contributed by atoms with Gasteiger partial charge in [0.05, 0.1) is 13.9 Å². The first-order valence-electron chi connectivity index (χ1n) is 3.79. The largest absolute Gasteiger partial charge is 0.276 e. The molecule has 0 radical (unpaired) electrons. The van der Waals surface area contributed by atoms with E-state index in [-0.39, 0.29) is 10.6 Å². The van der Waals surface area contributed by atoms with Crippen LogP contribution in [0.4, 0.5) is 5.69 Å². The average molecular weight is 321 g/mol. The molecule has 0 aromatic heterocycles. The number of nitro groups is 1. The van der Waals surface area contributed by atoms with E-state index in [0.717, 1.165) is 8.96 Å². The quantitative estimate of drug-likeness (QED) is 0.609. The highest BCUT2D eigenvalue weighted by Crippen LogP contribution is 2.32. The molecule has 0 fully saturated rings. The predicted octanol–water partition coefficient (Wildman–Crippen LogP) is 4.07. The zero-order chi connectivity index (χ0) is 10.7. The maximum atomic E-state index is 10.7. The second-order valence-electron chi connectivity index (χ2n) is 2.66. The van der Waals surface area contributed by atoms with Crippen molar-refractivity contribution < 1.29 is 4.92 Å². The molecule has 0 heterocycles. The first-order valence-corrected chi connectivity index (χ1v) is 5.38. The van der Waals surface area contributed by atoms with Crippen LogP contribution in [0.5, 0.6) is 0 Å². The van der Waals surface area contributed by atoms with Crippen molar-refractivity contribution in [1.29, 1.82) is 0 Å². The number of halogens is 2. The molecule has 5 heteroatoms. The zero-order valence-electron chi connectivity index (χ0n) is 7.33. The lowest BCUT2D eigenvalue weighted by atomic mass is 10.1. The van der Waals surface area contributed by atoms with Gasteiger partial charge in [0, 0.05) is 6.07 Å². The fourth-order valence-corrected chi connectivity index (χ4v) is 1.48. The molecule has 0 amide bonds. The molecule has 0 aliphatic heterocycles. The summed E-state index contributed by atoms with van der Waals surface area (Å²) in [5, 5.41) is 10.7. The van der Waals surface area contributed by atoms with Crippen molar-refractivity contribution in [1.82, 2.24) is 0 Å². The lowest BCUT2D eigenvalue weighted by Gasteiger charge is -2.02. The van der Waals surface area contributed by atoms with Crippen molar-refractivity contribution in [3.05, 3.63) is 43.3 Å². The van der Waals surface area contributed by atoms with Gasteiger partial charge in [-0.15, -0.1) is 0 Å². The second kappa shape index (κ2) is 4.70. The van der Waals surface area contributed by atoms with Crippen LogP contribution in [0.15, 0.2) is 27.7 Å². The maximum Gasteiger partial charge on any atom is 0.276 e. The van der Waals surface area contributed by atoms with Crippen LogP contribution >= 0.6 is 31.9 Å². The van der Waals surface area contributed by atoms with Crippen LogP contribution in [-0.2, 0) is 0 Å². The molecule has 3 nitrogen and oxygen atoms in total. The molecule has 74 valence electrons. The third kappa shape index (κ3) is 2.42. The van der Waals surface area contributed by atoms with Gasteiger partial charge in [-0.2, -0.15) is 0 Å². The molecule has 0 atom stereocenters. The normalized spacial score (nSPS) is 9.64. The number of nitrogens with zero attached hydrogens (tertiary/aromatic N) is 1. The number of hydrogen-bond donors (Lipinski definition) is 0. The Labute approximate surface area is 98.2 Å². The lowest BCUT2D eigenvalue weighted by Crippen LogP contribution is -1.93. The van der Waals surface area contributed by atoms with Gasteiger partial charge in [-0.25, -0.2) is 0 Å². The Kier molecular flexibility index (Phi) is 3.83. The van der Waals surface area contributed by atoms with Crippen molar-refractivity contribution in [3.63, 3.8) is 0 Å². The summed E-state index contributed by atoms with van der Waals surface area (Å²) in [6, 6.07) is 6.63. The van der Waals surface area contributed by atoms with Crippen molar-refractivity contribution in [3.8, 4) is 0 Å². The van der Waals surface area contributed by atoms with Gasteiger partial charge < -0.3 is 0 Å². The second-order valence-corrected chi connectivity index (χ2v) is 5.31. The smallest absolute Gasteiger partial charge is 0.258 e. The summed E-state index contributed by atoms with van der Waals surface area (Å²) in [4.78, 5) is 10.3. The Morgan fingerprint density at radius 2 is 1.93 bits per heavy atom. The fourth-order valence-electron chi connectivity index (χ4n) is 1.05. The van der Waals surface area contributed by atoms with E-state index in [9.17, 15) is 10.1 Å². The van der Waals surface area contributed by atoms with E-state index in [4.69, 9.17) is 0 Å². The Bertz CT molecular complexity index is 398. The average Bonchev–Trinajstić information content (AvgIpc) is 2.16.